The van der Waals surface area contributed by atoms with Gasteiger partial charge in [-0.25, -0.2) is 0 Å². The third kappa shape index (κ3) is 8.07. The fourth-order valence-corrected chi connectivity index (χ4v) is 2.29. The van der Waals surface area contributed by atoms with Crippen LogP contribution in [0.5, 0.6) is 0 Å². The van der Waals surface area contributed by atoms with Crippen LogP contribution in [-0.4, -0.2) is 19.6 Å². The first-order valence-electron chi connectivity index (χ1n) is 8.05. The van der Waals surface area contributed by atoms with Gasteiger partial charge in [-0.15, -0.1) is 24.0 Å². The second kappa shape index (κ2) is 12.1. The number of hydrogen-bond donors (Lipinski definition) is 2. The van der Waals surface area contributed by atoms with Gasteiger partial charge in [0.15, 0.2) is 5.96 Å². The van der Waals surface area contributed by atoms with E-state index >= 15 is 0 Å². The molecule has 0 aromatic heterocycles. The first-order valence-corrected chi connectivity index (χ1v) is 8.43. The molecular weight excluding hydrogens is 449 g/mol. The number of benzene rings is 2. The third-order valence-electron chi connectivity index (χ3n) is 3.55. The molecule has 25 heavy (non-hydrogen) atoms. The lowest BCUT2D eigenvalue weighted by Gasteiger charge is -2.12. The molecule has 0 saturated heterocycles. The number of halogens is 2. The Morgan fingerprint density at radius 2 is 1.40 bits per heavy atom. The number of rotatable bonds is 7. The Labute approximate surface area is 172 Å². The number of hydrogen-bond acceptors (Lipinski definition) is 2. The Kier molecular flexibility index (Phi) is 10.5. The van der Waals surface area contributed by atoms with Gasteiger partial charge in [-0.05, 0) is 35.7 Å². The van der Waals surface area contributed by atoms with E-state index < -0.39 is 0 Å². The molecule has 2 N–H and O–H groups in total. The highest BCUT2D eigenvalue weighted by atomic mass is 127. The molecule has 0 fully saturated rings. The summed E-state index contributed by atoms with van der Waals surface area (Å²) in [6.07, 6.45) is 0. The van der Waals surface area contributed by atoms with E-state index in [1.807, 2.05) is 31.2 Å². The van der Waals surface area contributed by atoms with E-state index in [4.69, 9.17) is 16.3 Å². The van der Waals surface area contributed by atoms with Crippen LogP contribution in [0.15, 0.2) is 53.5 Å². The second-order valence-corrected chi connectivity index (χ2v) is 5.80. The molecular formula is C19H25ClIN3O. The molecule has 0 radical (unpaired) electrons. The summed E-state index contributed by atoms with van der Waals surface area (Å²) in [6.45, 7) is 4.81. The zero-order valence-electron chi connectivity index (χ0n) is 14.6. The predicted molar refractivity (Wildman–Crippen MR) is 116 cm³/mol. The van der Waals surface area contributed by atoms with Gasteiger partial charge in [0, 0.05) is 31.8 Å². The normalized spacial score (nSPS) is 10.9. The summed E-state index contributed by atoms with van der Waals surface area (Å²) in [7, 11) is 1.77. The van der Waals surface area contributed by atoms with Crippen LogP contribution in [-0.2, 0) is 24.4 Å². The fourth-order valence-electron chi connectivity index (χ4n) is 2.17. The lowest BCUT2D eigenvalue weighted by molar-refractivity contribution is 0.134. The van der Waals surface area contributed by atoms with Crippen molar-refractivity contribution in [3.63, 3.8) is 0 Å². The van der Waals surface area contributed by atoms with Crippen LogP contribution in [0.1, 0.15) is 23.6 Å². The van der Waals surface area contributed by atoms with Gasteiger partial charge in [-0.3, -0.25) is 4.99 Å². The van der Waals surface area contributed by atoms with Crippen molar-refractivity contribution in [2.75, 3.05) is 13.7 Å². The van der Waals surface area contributed by atoms with Crippen LogP contribution in [0.3, 0.4) is 0 Å². The van der Waals surface area contributed by atoms with Crippen LogP contribution < -0.4 is 10.6 Å². The molecule has 0 atom stereocenters. The molecule has 0 aliphatic heterocycles. The molecule has 2 rings (SSSR count). The zero-order chi connectivity index (χ0) is 17.2. The number of aliphatic imine (C=N–C) groups is 1. The maximum atomic E-state index is 5.89. The first-order chi connectivity index (χ1) is 11.7. The van der Waals surface area contributed by atoms with E-state index in [1.54, 1.807) is 7.05 Å². The molecule has 0 bridgehead atoms. The largest absolute Gasteiger partial charge is 0.377 e. The Balaban J connectivity index is 0.00000312. The minimum Gasteiger partial charge on any atom is -0.377 e. The molecule has 0 saturated carbocycles. The molecule has 2 aromatic carbocycles. The summed E-state index contributed by atoms with van der Waals surface area (Å²) in [5.41, 5.74) is 3.54. The maximum absolute atomic E-state index is 5.89. The van der Waals surface area contributed by atoms with Gasteiger partial charge in [0.2, 0.25) is 0 Å². The summed E-state index contributed by atoms with van der Waals surface area (Å²) in [5.74, 6) is 0.767. The summed E-state index contributed by atoms with van der Waals surface area (Å²) < 4.78 is 5.40. The Hall–Kier alpha value is -1.31. The highest BCUT2D eigenvalue weighted by Gasteiger charge is 2.00. The molecule has 4 nitrogen and oxygen atoms in total. The van der Waals surface area contributed by atoms with E-state index in [2.05, 4.69) is 39.9 Å². The molecule has 0 aliphatic carbocycles. The van der Waals surface area contributed by atoms with E-state index in [-0.39, 0.29) is 24.0 Å². The zero-order valence-corrected chi connectivity index (χ0v) is 17.7. The standard InChI is InChI=1S/C19H24ClN3O.HI/c1-3-24-14-17-6-4-15(5-7-17)12-22-19(21-2)23-13-16-8-10-18(20)11-9-16;/h4-11H,3,12-14H2,1-2H3,(H2,21,22,23);1H. The molecule has 6 heteroatoms. The van der Waals surface area contributed by atoms with Gasteiger partial charge >= 0.3 is 0 Å². The Bertz CT molecular complexity index is 645. The average Bonchev–Trinajstić information content (AvgIpc) is 2.62. The average molecular weight is 474 g/mol. The fraction of sp³-hybridized carbons (Fsp3) is 0.316. The van der Waals surface area contributed by atoms with Crippen molar-refractivity contribution < 1.29 is 4.74 Å². The third-order valence-corrected chi connectivity index (χ3v) is 3.80. The van der Waals surface area contributed by atoms with Gasteiger partial charge in [-0.2, -0.15) is 0 Å². The quantitative estimate of drug-likeness (QED) is 0.357. The summed E-state index contributed by atoms with van der Waals surface area (Å²) in [6, 6.07) is 16.2. The van der Waals surface area contributed by atoms with E-state index in [1.165, 1.54) is 11.1 Å². The van der Waals surface area contributed by atoms with Crippen molar-refractivity contribution in [1.82, 2.24) is 10.6 Å². The van der Waals surface area contributed by atoms with Crippen molar-refractivity contribution in [2.45, 2.75) is 26.6 Å². The van der Waals surface area contributed by atoms with Gasteiger partial charge < -0.3 is 15.4 Å². The van der Waals surface area contributed by atoms with Crippen molar-refractivity contribution in [3.8, 4) is 0 Å². The van der Waals surface area contributed by atoms with Crippen LogP contribution in [0, 0.1) is 0 Å². The monoisotopic (exact) mass is 473 g/mol. The van der Waals surface area contributed by atoms with Crippen molar-refractivity contribution in [3.05, 3.63) is 70.2 Å². The van der Waals surface area contributed by atoms with E-state index in [0.29, 0.717) is 13.2 Å². The number of guanidine groups is 1. The molecule has 0 spiro atoms. The highest BCUT2D eigenvalue weighted by molar-refractivity contribution is 14.0. The van der Waals surface area contributed by atoms with Crippen molar-refractivity contribution in [1.29, 1.82) is 0 Å². The SMILES string of the molecule is CCOCc1ccc(CNC(=NC)NCc2ccc(Cl)cc2)cc1.I. The van der Waals surface area contributed by atoms with E-state index in [0.717, 1.165) is 29.7 Å². The Morgan fingerprint density at radius 3 is 1.88 bits per heavy atom. The molecule has 0 aliphatic rings. The Morgan fingerprint density at radius 1 is 0.920 bits per heavy atom. The minimum absolute atomic E-state index is 0. The van der Waals surface area contributed by atoms with Gasteiger partial charge in [0.1, 0.15) is 0 Å². The predicted octanol–water partition coefficient (Wildman–Crippen LogP) is 4.36. The summed E-state index contributed by atoms with van der Waals surface area (Å²) in [5, 5.41) is 7.35. The van der Waals surface area contributed by atoms with E-state index in [9.17, 15) is 0 Å². The molecule has 2 aromatic rings. The summed E-state index contributed by atoms with van der Waals surface area (Å²) >= 11 is 5.89. The second-order valence-electron chi connectivity index (χ2n) is 5.36. The highest BCUT2D eigenvalue weighted by Crippen LogP contribution is 2.09. The van der Waals surface area contributed by atoms with Crippen molar-refractivity contribution in [2.24, 2.45) is 4.99 Å². The minimum atomic E-state index is 0. The van der Waals surface area contributed by atoms with Crippen LogP contribution in [0.4, 0.5) is 0 Å². The number of nitrogens with one attached hydrogen (secondary N) is 2. The van der Waals surface area contributed by atoms with Gasteiger partial charge in [0.25, 0.3) is 0 Å². The maximum Gasteiger partial charge on any atom is 0.191 e. The lowest BCUT2D eigenvalue weighted by Crippen LogP contribution is -2.36. The lowest BCUT2D eigenvalue weighted by atomic mass is 10.1. The summed E-state index contributed by atoms with van der Waals surface area (Å²) in [4.78, 5) is 4.24. The van der Waals surface area contributed by atoms with Crippen LogP contribution in [0.25, 0.3) is 0 Å². The van der Waals surface area contributed by atoms with Gasteiger partial charge in [-0.1, -0.05) is 48.0 Å². The number of nitrogens with zero attached hydrogens (tertiary/aromatic N) is 1. The van der Waals surface area contributed by atoms with Crippen LogP contribution in [0.2, 0.25) is 5.02 Å². The van der Waals surface area contributed by atoms with Crippen molar-refractivity contribution >= 4 is 41.5 Å². The molecule has 136 valence electrons. The molecule has 0 unspecified atom stereocenters. The first kappa shape index (κ1) is 21.7. The molecule has 0 heterocycles. The number of ether oxygens (including phenoxy) is 1. The smallest absolute Gasteiger partial charge is 0.191 e. The molecule has 0 amide bonds. The topological polar surface area (TPSA) is 45.6 Å². The van der Waals surface area contributed by atoms with Gasteiger partial charge in [0.05, 0.1) is 6.61 Å². The van der Waals surface area contributed by atoms with Crippen LogP contribution >= 0.6 is 35.6 Å².